The van der Waals surface area contributed by atoms with Crippen LogP contribution in [0.15, 0.2) is 0 Å². The van der Waals surface area contributed by atoms with E-state index in [0.717, 1.165) is 32.6 Å². The monoisotopic (exact) mass is 256 g/mol. The summed E-state index contributed by atoms with van der Waals surface area (Å²) >= 11 is 0. The Morgan fingerprint density at radius 2 is 2.06 bits per heavy atom. The lowest BCUT2D eigenvalue weighted by Gasteiger charge is -2.37. The highest BCUT2D eigenvalue weighted by Gasteiger charge is 2.27. The molecule has 0 bridgehead atoms. The van der Waals surface area contributed by atoms with Gasteiger partial charge in [0, 0.05) is 12.6 Å². The van der Waals surface area contributed by atoms with Crippen LogP contribution in [0.25, 0.3) is 0 Å². The van der Waals surface area contributed by atoms with Gasteiger partial charge < -0.3 is 15.3 Å². The number of likely N-dealkylation sites (tertiary alicyclic amines) is 1. The molecule has 1 saturated heterocycles. The van der Waals surface area contributed by atoms with E-state index in [2.05, 4.69) is 44.8 Å². The summed E-state index contributed by atoms with van der Waals surface area (Å²) in [6.45, 7) is 15.3. The van der Waals surface area contributed by atoms with Crippen LogP contribution in [0.3, 0.4) is 0 Å². The number of aliphatic hydroxyl groups is 1. The Kier molecular flexibility index (Phi) is 6.09. The quantitative estimate of drug-likeness (QED) is 0.791. The molecule has 3 nitrogen and oxygen atoms in total. The van der Waals surface area contributed by atoms with Crippen LogP contribution in [0, 0.1) is 11.3 Å². The second-order valence-electron chi connectivity index (χ2n) is 6.90. The lowest BCUT2D eigenvalue weighted by molar-refractivity contribution is 0.0261. The van der Waals surface area contributed by atoms with Gasteiger partial charge in [0.05, 0.1) is 6.10 Å². The predicted octanol–water partition coefficient (Wildman–Crippen LogP) is 2.10. The minimum Gasteiger partial charge on any atom is -0.392 e. The first kappa shape index (κ1) is 15.9. The molecule has 0 radical (unpaired) electrons. The Labute approximate surface area is 113 Å². The van der Waals surface area contributed by atoms with Gasteiger partial charge in [-0.1, -0.05) is 34.6 Å². The molecule has 0 aromatic carbocycles. The third kappa shape index (κ3) is 4.87. The molecule has 0 aromatic rings. The summed E-state index contributed by atoms with van der Waals surface area (Å²) in [6.07, 6.45) is 2.16. The van der Waals surface area contributed by atoms with Crippen molar-refractivity contribution in [2.24, 2.45) is 11.3 Å². The molecule has 18 heavy (non-hydrogen) atoms. The van der Waals surface area contributed by atoms with Gasteiger partial charge in [-0.15, -0.1) is 0 Å². The normalized spacial score (nSPS) is 28.3. The van der Waals surface area contributed by atoms with Gasteiger partial charge >= 0.3 is 0 Å². The maximum absolute atomic E-state index is 9.92. The maximum atomic E-state index is 9.92. The van der Waals surface area contributed by atoms with E-state index in [9.17, 15) is 5.11 Å². The van der Waals surface area contributed by atoms with E-state index in [1.165, 1.54) is 6.42 Å². The number of piperidine rings is 1. The maximum Gasteiger partial charge on any atom is 0.0693 e. The Bertz CT molecular complexity index is 237. The third-order valence-electron chi connectivity index (χ3n) is 4.23. The Balaban J connectivity index is 2.38. The number of hydrogen-bond donors (Lipinski definition) is 2. The van der Waals surface area contributed by atoms with E-state index in [4.69, 9.17) is 0 Å². The zero-order chi connectivity index (χ0) is 13.8. The minimum absolute atomic E-state index is 0.133. The highest BCUT2D eigenvalue weighted by Crippen LogP contribution is 2.23. The number of nitrogens with zero attached hydrogens (tertiary/aromatic N) is 1. The van der Waals surface area contributed by atoms with Crippen molar-refractivity contribution in [2.75, 3.05) is 26.2 Å². The molecule has 2 N–H and O–H groups in total. The molecule has 1 fully saturated rings. The number of rotatable bonds is 5. The van der Waals surface area contributed by atoms with Gasteiger partial charge in [0.2, 0.25) is 0 Å². The van der Waals surface area contributed by atoms with Crippen molar-refractivity contribution in [1.29, 1.82) is 0 Å². The van der Waals surface area contributed by atoms with Crippen LogP contribution >= 0.6 is 0 Å². The van der Waals surface area contributed by atoms with Crippen molar-refractivity contribution in [3.05, 3.63) is 0 Å². The van der Waals surface area contributed by atoms with Crippen LogP contribution in [0.4, 0.5) is 0 Å². The summed E-state index contributed by atoms with van der Waals surface area (Å²) in [5, 5.41) is 13.5. The van der Waals surface area contributed by atoms with Crippen molar-refractivity contribution in [3.8, 4) is 0 Å². The van der Waals surface area contributed by atoms with Crippen LogP contribution in [0.1, 0.15) is 47.5 Å². The standard InChI is InChI=1S/C15H32N2O/c1-6-16-14(15(3,4)5)8-10-17-9-7-12(2)13(18)11-17/h12-14,16,18H,6-11H2,1-5H3. The summed E-state index contributed by atoms with van der Waals surface area (Å²) in [6, 6.07) is 0.555. The lowest BCUT2D eigenvalue weighted by Crippen LogP contribution is -2.47. The van der Waals surface area contributed by atoms with E-state index in [1.54, 1.807) is 0 Å². The largest absolute Gasteiger partial charge is 0.392 e. The topological polar surface area (TPSA) is 35.5 Å². The zero-order valence-corrected chi connectivity index (χ0v) is 12.9. The van der Waals surface area contributed by atoms with Gasteiger partial charge in [-0.25, -0.2) is 0 Å². The third-order valence-corrected chi connectivity index (χ3v) is 4.23. The molecule has 0 aliphatic carbocycles. The second kappa shape index (κ2) is 6.88. The molecule has 0 amide bonds. The molecular formula is C15H32N2O. The van der Waals surface area contributed by atoms with E-state index in [1.807, 2.05) is 0 Å². The average molecular weight is 256 g/mol. The van der Waals surface area contributed by atoms with E-state index >= 15 is 0 Å². The molecule has 0 aromatic heterocycles. The van der Waals surface area contributed by atoms with Gasteiger partial charge in [0.15, 0.2) is 0 Å². The first-order chi connectivity index (χ1) is 8.34. The first-order valence-electron chi connectivity index (χ1n) is 7.48. The van der Waals surface area contributed by atoms with Crippen LogP contribution in [-0.4, -0.2) is 48.3 Å². The van der Waals surface area contributed by atoms with Crippen LogP contribution in [0.5, 0.6) is 0 Å². The summed E-state index contributed by atoms with van der Waals surface area (Å²) in [5.74, 6) is 0.466. The lowest BCUT2D eigenvalue weighted by atomic mass is 9.84. The van der Waals surface area contributed by atoms with E-state index < -0.39 is 0 Å². The SMILES string of the molecule is CCNC(CCN1CCC(C)C(O)C1)C(C)(C)C. The molecule has 3 atom stereocenters. The van der Waals surface area contributed by atoms with Crippen LogP contribution in [-0.2, 0) is 0 Å². The van der Waals surface area contributed by atoms with Crippen LogP contribution in [0.2, 0.25) is 0 Å². The van der Waals surface area contributed by atoms with Crippen molar-refractivity contribution in [2.45, 2.75) is 59.6 Å². The van der Waals surface area contributed by atoms with Crippen molar-refractivity contribution < 1.29 is 5.11 Å². The van der Waals surface area contributed by atoms with Crippen molar-refractivity contribution in [1.82, 2.24) is 10.2 Å². The molecule has 1 aliphatic rings. The van der Waals surface area contributed by atoms with E-state index in [-0.39, 0.29) is 6.10 Å². The van der Waals surface area contributed by atoms with Gasteiger partial charge in [-0.05, 0) is 43.8 Å². The van der Waals surface area contributed by atoms with Gasteiger partial charge in [-0.3, -0.25) is 0 Å². The van der Waals surface area contributed by atoms with Crippen molar-refractivity contribution >= 4 is 0 Å². The summed E-state index contributed by atoms with van der Waals surface area (Å²) in [7, 11) is 0. The molecule has 1 heterocycles. The minimum atomic E-state index is -0.133. The first-order valence-corrected chi connectivity index (χ1v) is 7.48. The smallest absolute Gasteiger partial charge is 0.0693 e. The summed E-state index contributed by atoms with van der Waals surface area (Å²) in [4.78, 5) is 2.42. The average Bonchev–Trinajstić information content (AvgIpc) is 2.27. The predicted molar refractivity (Wildman–Crippen MR) is 77.8 cm³/mol. The number of β-amino-alcohol motifs (C(OH)–C–C–N with tert-alkyl or cyclic N) is 1. The fraction of sp³-hybridized carbons (Fsp3) is 1.00. The molecule has 0 saturated carbocycles. The highest BCUT2D eigenvalue weighted by molar-refractivity contribution is 4.83. The van der Waals surface area contributed by atoms with Gasteiger partial charge in [-0.2, -0.15) is 0 Å². The van der Waals surface area contributed by atoms with Gasteiger partial charge in [0.1, 0.15) is 0 Å². The molecule has 0 spiro atoms. The molecule has 3 unspecified atom stereocenters. The second-order valence-corrected chi connectivity index (χ2v) is 6.90. The Morgan fingerprint density at radius 3 is 2.56 bits per heavy atom. The number of aliphatic hydroxyl groups excluding tert-OH is 1. The van der Waals surface area contributed by atoms with Gasteiger partial charge in [0.25, 0.3) is 0 Å². The fourth-order valence-corrected chi connectivity index (χ4v) is 2.72. The van der Waals surface area contributed by atoms with Crippen molar-refractivity contribution in [3.63, 3.8) is 0 Å². The molecule has 108 valence electrons. The Hall–Kier alpha value is -0.120. The van der Waals surface area contributed by atoms with Crippen LogP contribution < -0.4 is 5.32 Å². The zero-order valence-electron chi connectivity index (χ0n) is 12.9. The fourth-order valence-electron chi connectivity index (χ4n) is 2.72. The number of nitrogens with one attached hydrogen (secondary N) is 1. The molecule has 1 aliphatic heterocycles. The summed E-state index contributed by atoms with van der Waals surface area (Å²) < 4.78 is 0. The molecule has 3 heteroatoms. The summed E-state index contributed by atoms with van der Waals surface area (Å²) in [5.41, 5.74) is 0.303. The molecule has 1 rings (SSSR count). The Morgan fingerprint density at radius 1 is 1.39 bits per heavy atom. The van der Waals surface area contributed by atoms with E-state index in [0.29, 0.717) is 17.4 Å². The molecular weight excluding hydrogens is 224 g/mol. The number of hydrogen-bond acceptors (Lipinski definition) is 3. The highest BCUT2D eigenvalue weighted by atomic mass is 16.3.